The van der Waals surface area contributed by atoms with Gasteiger partial charge in [-0.1, -0.05) is 0 Å². The minimum atomic E-state index is -2.76. The van der Waals surface area contributed by atoms with Gasteiger partial charge in [-0.2, -0.15) is 0 Å². The van der Waals surface area contributed by atoms with Crippen molar-refractivity contribution in [2.24, 2.45) is 5.73 Å². The molecule has 0 radical (unpaired) electrons. The van der Waals surface area contributed by atoms with Crippen molar-refractivity contribution in [3.63, 3.8) is 0 Å². The Balaban J connectivity index is 2.75. The molecule has 0 spiro atoms. The van der Waals surface area contributed by atoms with E-state index in [-0.39, 0.29) is 5.25 Å². The van der Waals surface area contributed by atoms with Gasteiger partial charge in [-0.05, 0) is 12.8 Å². The molecule has 1 heterocycles. The first-order valence-corrected chi connectivity index (χ1v) is 4.80. The van der Waals surface area contributed by atoms with E-state index in [9.17, 15) is 8.42 Å². The van der Waals surface area contributed by atoms with Crippen molar-refractivity contribution in [3.8, 4) is 0 Å². The molecule has 54 valence electrons. The van der Waals surface area contributed by atoms with E-state index >= 15 is 0 Å². The van der Waals surface area contributed by atoms with E-state index in [0.717, 1.165) is 12.8 Å². The molecule has 0 bridgehead atoms. The molecule has 1 saturated heterocycles. The van der Waals surface area contributed by atoms with E-state index in [1.807, 2.05) is 0 Å². The largest absolute Gasteiger partial charge is 0.329 e. The van der Waals surface area contributed by atoms with E-state index < -0.39 is 9.84 Å². The van der Waals surface area contributed by atoms with E-state index in [0.29, 0.717) is 12.3 Å². The summed E-state index contributed by atoms with van der Waals surface area (Å²) in [5.74, 6) is 0.342. The van der Waals surface area contributed by atoms with Gasteiger partial charge in [0.25, 0.3) is 0 Å². The third-order valence-corrected chi connectivity index (χ3v) is 4.03. The first kappa shape index (κ1) is 7.02. The van der Waals surface area contributed by atoms with Crippen molar-refractivity contribution in [1.29, 1.82) is 0 Å². The molecule has 2 N–H and O–H groups in total. The highest BCUT2D eigenvalue weighted by atomic mass is 32.2. The second-order valence-electron chi connectivity index (χ2n) is 2.37. The lowest BCUT2D eigenvalue weighted by atomic mass is 10.2. The second-order valence-corrected chi connectivity index (χ2v) is 4.77. The summed E-state index contributed by atoms with van der Waals surface area (Å²) in [6.45, 7) is 0.294. The van der Waals surface area contributed by atoms with Gasteiger partial charge in [0.2, 0.25) is 0 Å². The van der Waals surface area contributed by atoms with Gasteiger partial charge < -0.3 is 5.73 Å². The van der Waals surface area contributed by atoms with E-state index in [4.69, 9.17) is 5.73 Å². The molecule has 0 saturated carbocycles. The standard InChI is InChI=1S/C5H11NO2S/c6-4-5-2-1-3-9(5,7)8/h5H,1-4,6H2. The molecule has 0 aromatic heterocycles. The fourth-order valence-electron chi connectivity index (χ4n) is 1.12. The quantitative estimate of drug-likeness (QED) is 0.548. The lowest BCUT2D eigenvalue weighted by molar-refractivity contribution is 0.590. The molecule has 0 aromatic rings. The van der Waals surface area contributed by atoms with Crippen LogP contribution in [0.5, 0.6) is 0 Å². The van der Waals surface area contributed by atoms with Gasteiger partial charge in [0.1, 0.15) is 0 Å². The van der Waals surface area contributed by atoms with Gasteiger partial charge >= 0.3 is 0 Å². The Morgan fingerprint density at radius 3 is 2.44 bits per heavy atom. The highest BCUT2D eigenvalue weighted by Gasteiger charge is 2.29. The molecule has 0 amide bonds. The Kier molecular flexibility index (Phi) is 1.77. The average Bonchev–Trinajstić information content (AvgIpc) is 2.08. The summed E-state index contributed by atoms with van der Waals surface area (Å²) >= 11 is 0. The lowest BCUT2D eigenvalue weighted by Gasteiger charge is -2.02. The van der Waals surface area contributed by atoms with E-state index in [1.165, 1.54) is 0 Å². The summed E-state index contributed by atoms with van der Waals surface area (Å²) in [5, 5.41) is -0.238. The molecule has 1 unspecified atom stereocenters. The van der Waals surface area contributed by atoms with Crippen molar-refractivity contribution >= 4 is 9.84 Å². The van der Waals surface area contributed by atoms with Crippen LogP contribution in [0, 0.1) is 0 Å². The summed E-state index contributed by atoms with van der Waals surface area (Å²) in [5.41, 5.74) is 5.23. The van der Waals surface area contributed by atoms with Gasteiger partial charge in [0.15, 0.2) is 9.84 Å². The van der Waals surface area contributed by atoms with Crippen LogP contribution >= 0.6 is 0 Å². The average molecular weight is 149 g/mol. The van der Waals surface area contributed by atoms with Crippen LogP contribution < -0.4 is 5.73 Å². The summed E-state index contributed by atoms with van der Waals surface area (Å²) in [6.07, 6.45) is 1.56. The van der Waals surface area contributed by atoms with Crippen LogP contribution in [0.15, 0.2) is 0 Å². The number of sulfone groups is 1. The van der Waals surface area contributed by atoms with Gasteiger partial charge in [0, 0.05) is 6.54 Å². The minimum Gasteiger partial charge on any atom is -0.329 e. The fraction of sp³-hybridized carbons (Fsp3) is 1.00. The number of hydrogen-bond acceptors (Lipinski definition) is 3. The smallest absolute Gasteiger partial charge is 0.154 e. The molecule has 1 aliphatic heterocycles. The molecular formula is C5H11NO2S. The molecule has 0 aliphatic carbocycles. The van der Waals surface area contributed by atoms with Crippen molar-refractivity contribution in [1.82, 2.24) is 0 Å². The van der Waals surface area contributed by atoms with Crippen LogP contribution in [0.4, 0.5) is 0 Å². The van der Waals surface area contributed by atoms with Crippen molar-refractivity contribution in [2.75, 3.05) is 12.3 Å². The lowest BCUT2D eigenvalue weighted by Crippen LogP contribution is -2.25. The fourth-order valence-corrected chi connectivity index (χ4v) is 2.84. The Hall–Kier alpha value is -0.0900. The molecule has 0 aromatic carbocycles. The third-order valence-electron chi connectivity index (χ3n) is 1.73. The van der Waals surface area contributed by atoms with Gasteiger partial charge in [-0.25, -0.2) is 8.42 Å². The molecule has 4 heteroatoms. The van der Waals surface area contributed by atoms with Crippen molar-refractivity contribution < 1.29 is 8.42 Å². The SMILES string of the molecule is NCC1CCCS1(=O)=O. The summed E-state index contributed by atoms with van der Waals surface area (Å²) in [4.78, 5) is 0. The maximum Gasteiger partial charge on any atom is 0.154 e. The van der Waals surface area contributed by atoms with E-state index in [1.54, 1.807) is 0 Å². The van der Waals surface area contributed by atoms with Gasteiger partial charge in [-0.3, -0.25) is 0 Å². The van der Waals surface area contributed by atoms with Crippen molar-refractivity contribution in [2.45, 2.75) is 18.1 Å². The number of nitrogens with two attached hydrogens (primary N) is 1. The summed E-state index contributed by atoms with van der Waals surface area (Å²) < 4.78 is 21.8. The van der Waals surface area contributed by atoms with Crippen LogP contribution in [0.1, 0.15) is 12.8 Å². The molecular weight excluding hydrogens is 138 g/mol. The van der Waals surface area contributed by atoms with E-state index in [2.05, 4.69) is 0 Å². The van der Waals surface area contributed by atoms with Crippen LogP contribution in [0.25, 0.3) is 0 Å². The summed E-state index contributed by atoms with van der Waals surface area (Å²) in [6, 6.07) is 0. The van der Waals surface area contributed by atoms with Crippen LogP contribution in [0.3, 0.4) is 0 Å². The molecule has 9 heavy (non-hydrogen) atoms. The zero-order valence-corrected chi connectivity index (χ0v) is 6.02. The maximum absolute atomic E-state index is 10.9. The normalized spacial score (nSPS) is 32.8. The molecule has 1 aliphatic rings. The topological polar surface area (TPSA) is 60.2 Å². The highest BCUT2D eigenvalue weighted by Crippen LogP contribution is 2.18. The molecule has 3 nitrogen and oxygen atoms in total. The Labute approximate surface area is 55.2 Å². The minimum absolute atomic E-state index is 0.238. The van der Waals surface area contributed by atoms with Gasteiger partial charge in [-0.15, -0.1) is 0 Å². The van der Waals surface area contributed by atoms with Crippen LogP contribution in [-0.4, -0.2) is 26.0 Å². The Morgan fingerprint density at radius 2 is 2.22 bits per heavy atom. The zero-order chi connectivity index (χ0) is 6.91. The molecule has 1 rings (SSSR count). The zero-order valence-electron chi connectivity index (χ0n) is 5.21. The monoisotopic (exact) mass is 149 g/mol. The number of hydrogen-bond donors (Lipinski definition) is 1. The predicted octanol–water partition coefficient (Wildman–Crippen LogP) is -0.478. The van der Waals surface area contributed by atoms with Gasteiger partial charge in [0.05, 0.1) is 11.0 Å². The summed E-state index contributed by atoms with van der Waals surface area (Å²) in [7, 11) is -2.76. The first-order chi connectivity index (χ1) is 4.17. The third kappa shape index (κ3) is 1.24. The first-order valence-electron chi connectivity index (χ1n) is 3.08. The Bertz CT molecular complexity index is 185. The maximum atomic E-state index is 10.9. The predicted molar refractivity (Wildman–Crippen MR) is 35.9 cm³/mol. The highest BCUT2D eigenvalue weighted by molar-refractivity contribution is 7.92. The molecule has 1 atom stereocenters. The van der Waals surface area contributed by atoms with Crippen LogP contribution in [-0.2, 0) is 9.84 Å². The second kappa shape index (κ2) is 2.27. The van der Waals surface area contributed by atoms with Crippen molar-refractivity contribution in [3.05, 3.63) is 0 Å². The number of rotatable bonds is 1. The molecule has 1 fully saturated rings. The van der Waals surface area contributed by atoms with Crippen LogP contribution in [0.2, 0.25) is 0 Å². The Morgan fingerprint density at radius 1 is 1.56 bits per heavy atom.